The first kappa shape index (κ1) is 30.8. The normalized spacial score (nSPS) is 14.4. The monoisotopic (exact) mass is 639 g/mol. The van der Waals surface area contributed by atoms with Crippen LogP contribution in [0, 0.1) is 13.8 Å². The highest BCUT2D eigenvalue weighted by molar-refractivity contribution is 9.10. The Morgan fingerprint density at radius 1 is 0.927 bits per heavy atom. The minimum Gasteiger partial charge on any atom is -0.352 e. The van der Waals surface area contributed by atoms with Crippen LogP contribution >= 0.6 is 15.9 Å². The maximum absolute atomic E-state index is 14.2. The number of hydrogen-bond donors (Lipinski definition) is 1. The highest BCUT2D eigenvalue weighted by Crippen LogP contribution is 2.24. The first-order chi connectivity index (χ1) is 19.5. The maximum Gasteiger partial charge on any atom is 0.244 e. The Morgan fingerprint density at radius 3 is 2.12 bits per heavy atom. The van der Waals surface area contributed by atoms with E-state index in [4.69, 9.17) is 0 Å². The lowest BCUT2D eigenvalue weighted by Crippen LogP contribution is -2.54. The fourth-order valence-electron chi connectivity index (χ4n) is 5.42. The molecule has 1 aliphatic rings. The van der Waals surface area contributed by atoms with Gasteiger partial charge >= 0.3 is 0 Å². The van der Waals surface area contributed by atoms with E-state index < -0.39 is 28.5 Å². The number of carbonyl (C=O) groups is 2. The Kier molecular flexibility index (Phi) is 10.3. The van der Waals surface area contributed by atoms with Crippen LogP contribution in [0.25, 0.3) is 0 Å². The summed E-state index contributed by atoms with van der Waals surface area (Å²) in [7, 11) is -3.80. The van der Waals surface area contributed by atoms with Crippen molar-refractivity contribution in [3.63, 3.8) is 0 Å². The quantitative estimate of drug-likeness (QED) is 0.299. The van der Waals surface area contributed by atoms with E-state index in [0.29, 0.717) is 12.1 Å². The predicted molar refractivity (Wildman–Crippen MR) is 167 cm³/mol. The summed E-state index contributed by atoms with van der Waals surface area (Å²) in [6, 6.07) is 21.9. The summed E-state index contributed by atoms with van der Waals surface area (Å²) >= 11 is 3.46. The van der Waals surface area contributed by atoms with Crippen molar-refractivity contribution in [2.45, 2.75) is 64.6 Å². The molecule has 4 rings (SSSR count). The first-order valence-electron chi connectivity index (χ1n) is 13.9. The van der Waals surface area contributed by atoms with Crippen LogP contribution in [0.15, 0.2) is 77.3 Å². The number of nitrogens with one attached hydrogen (secondary N) is 1. The van der Waals surface area contributed by atoms with Crippen LogP contribution in [-0.2, 0) is 32.6 Å². The number of halogens is 1. The fraction of sp³-hybridized carbons (Fsp3) is 0.375. The Morgan fingerprint density at radius 2 is 1.54 bits per heavy atom. The number of amides is 2. The predicted octanol–water partition coefficient (Wildman–Crippen LogP) is 5.53. The molecule has 1 fully saturated rings. The zero-order valence-electron chi connectivity index (χ0n) is 23.8. The average molecular weight is 641 g/mol. The second-order valence-corrected chi connectivity index (χ2v) is 13.8. The number of benzene rings is 3. The minimum absolute atomic E-state index is 0.0770. The third-order valence-corrected chi connectivity index (χ3v) is 9.08. The van der Waals surface area contributed by atoms with E-state index >= 15 is 0 Å². The molecule has 0 radical (unpaired) electrons. The molecule has 1 saturated carbocycles. The first-order valence-corrected chi connectivity index (χ1v) is 16.6. The number of carbonyl (C=O) groups excluding carboxylic acids is 2. The van der Waals surface area contributed by atoms with Crippen molar-refractivity contribution in [2.75, 3.05) is 17.1 Å². The van der Waals surface area contributed by atoms with Crippen molar-refractivity contribution < 1.29 is 18.0 Å². The number of nitrogens with zero attached hydrogens (tertiary/aromatic N) is 2. The van der Waals surface area contributed by atoms with Gasteiger partial charge in [0, 0.05) is 23.5 Å². The number of hydrogen-bond acceptors (Lipinski definition) is 4. The molecule has 1 atom stereocenters. The topological polar surface area (TPSA) is 86.8 Å². The fourth-order valence-corrected chi connectivity index (χ4v) is 6.51. The number of sulfonamides is 1. The maximum atomic E-state index is 14.2. The van der Waals surface area contributed by atoms with Crippen molar-refractivity contribution in [1.29, 1.82) is 0 Å². The molecule has 7 nitrogen and oxygen atoms in total. The van der Waals surface area contributed by atoms with Crippen molar-refractivity contribution in [3.8, 4) is 0 Å². The SMILES string of the molecule is Cc1cc(C)cc(N(CC(=O)N(Cc2ccc(Br)cc2)[C@@H](Cc2ccccc2)C(=O)NC2CCCC2)S(C)(=O)=O)c1. The molecule has 0 aromatic heterocycles. The lowest BCUT2D eigenvalue weighted by atomic mass is 10.0. The molecular formula is C32H38BrN3O4S. The number of rotatable bonds is 11. The zero-order chi connectivity index (χ0) is 29.6. The van der Waals surface area contributed by atoms with E-state index in [-0.39, 0.29) is 18.5 Å². The van der Waals surface area contributed by atoms with Gasteiger partial charge in [0.05, 0.1) is 11.9 Å². The van der Waals surface area contributed by atoms with Gasteiger partial charge in [0.25, 0.3) is 0 Å². The largest absolute Gasteiger partial charge is 0.352 e. The smallest absolute Gasteiger partial charge is 0.244 e. The molecule has 41 heavy (non-hydrogen) atoms. The second kappa shape index (κ2) is 13.7. The Balaban J connectivity index is 1.73. The van der Waals surface area contributed by atoms with E-state index in [1.54, 1.807) is 17.0 Å². The van der Waals surface area contributed by atoms with Gasteiger partial charge in [-0.2, -0.15) is 0 Å². The third kappa shape index (κ3) is 8.66. The molecule has 2 amide bonds. The van der Waals surface area contributed by atoms with Crippen LogP contribution in [0.1, 0.15) is 47.9 Å². The lowest BCUT2D eigenvalue weighted by Gasteiger charge is -2.34. The standard InChI is InChI=1S/C32H38BrN3O4S/c1-23-17-24(2)19-29(18-23)36(41(3,39)40)22-31(37)35(21-26-13-15-27(33)16-14-26)30(20-25-9-5-4-6-10-25)32(38)34-28-11-7-8-12-28/h4-6,9-10,13-19,28,30H,7-8,11-12,20-22H2,1-3H3,(H,34,38)/t30-/m0/s1. The highest BCUT2D eigenvalue weighted by Gasteiger charge is 2.34. The molecule has 0 aliphatic heterocycles. The van der Waals surface area contributed by atoms with Crippen LogP contribution in [-0.4, -0.2) is 50.0 Å². The van der Waals surface area contributed by atoms with Crippen LogP contribution in [0.2, 0.25) is 0 Å². The third-order valence-electron chi connectivity index (χ3n) is 7.41. The molecule has 9 heteroatoms. The second-order valence-electron chi connectivity index (χ2n) is 11.0. The molecule has 3 aromatic rings. The van der Waals surface area contributed by atoms with Crippen LogP contribution in [0.5, 0.6) is 0 Å². The van der Waals surface area contributed by atoms with E-state index in [2.05, 4.69) is 21.2 Å². The van der Waals surface area contributed by atoms with Gasteiger partial charge in [-0.25, -0.2) is 8.42 Å². The van der Waals surface area contributed by atoms with Crippen LogP contribution < -0.4 is 9.62 Å². The number of anilines is 1. The molecule has 3 aromatic carbocycles. The van der Waals surface area contributed by atoms with Crippen LogP contribution in [0.4, 0.5) is 5.69 Å². The average Bonchev–Trinajstić information content (AvgIpc) is 3.42. The molecule has 1 N–H and O–H groups in total. The van der Waals surface area contributed by atoms with Gasteiger partial charge < -0.3 is 10.2 Å². The summed E-state index contributed by atoms with van der Waals surface area (Å²) < 4.78 is 28.0. The van der Waals surface area contributed by atoms with E-state index in [1.165, 1.54) is 0 Å². The van der Waals surface area contributed by atoms with Gasteiger partial charge in [-0.1, -0.05) is 77.3 Å². The summed E-state index contributed by atoms with van der Waals surface area (Å²) in [5.74, 6) is -0.663. The minimum atomic E-state index is -3.80. The van der Waals surface area contributed by atoms with E-state index in [9.17, 15) is 18.0 Å². The van der Waals surface area contributed by atoms with Crippen molar-refractivity contribution >= 4 is 43.5 Å². The molecule has 218 valence electrons. The van der Waals surface area contributed by atoms with Gasteiger partial charge in [-0.3, -0.25) is 13.9 Å². The molecule has 0 saturated heterocycles. The summed E-state index contributed by atoms with van der Waals surface area (Å²) in [6.07, 6.45) is 5.37. The Labute approximate surface area is 252 Å². The van der Waals surface area contributed by atoms with Gasteiger partial charge in [0.1, 0.15) is 12.6 Å². The lowest BCUT2D eigenvalue weighted by molar-refractivity contribution is -0.140. The molecule has 0 bridgehead atoms. The Hall–Kier alpha value is -3.17. The van der Waals surface area contributed by atoms with Crippen molar-refractivity contribution in [3.05, 3.63) is 99.5 Å². The van der Waals surface area contributed by atoms with Gasteiger partial charge in [0.15, 0.2) is 0 Å². The zero-order valence-corrected chi connectivity index (χ0v) is 26.2. The van der Waals surface area contributed by atoms with Gasteiger partial charge in [0.2, 0.25) is 21.8 Å². The summed E-state index contributed by atoms with van der Waals surface area (Å²) in [5.41, 5.74) is 3.97. The molecule has 0 spiro atoms. The van der Waals surface area contributed by atoms with E-state index in [1.807, 2.05) is 74.5 Å². The summed E-state index contributed by atoms with van der Waals surface area (Å²) in [6.45, 7) is 3.52. The van der Waals surface area contributed by atoms with E-state index in [0.717, 1.165) is 63.0 Å². The van der Waals surface area contributed by atoms with Gasteiger partial charge in [-0.05, 0) is 73.2 Å². The van der Waals surface area contributed by atoms with Crippen molar-refractivity contribution in [2.24, 2.45) is 0 Å². The Bertz CT molecular complexity index is 1440. The molecule has 1 aliphatic carbocycles. The molecule has 0 unspecified atom stereocenters. The summed E-state index contributed by atoms with van der Waals surface area (Å²) in [5, 5.41) is 3.19. The highest BCUT2D eigenvalue weighted by atomic mass is 79.9. The molecular weight excluding hydrogens is 602 g/mol. The molecule has 0 heterocycles. The number of aryl methyl sites for hydroxylation is 2. The summed E-state index contributed by atoms with van der Waals surface area (Å²) in [4.78, 5) is 29.7. The van der Waals surface area contributed by atoms with Crippen LogP contribution in [0.3, 0.4) is 0 Å². The van der Waals surface area contributed by atoms with Gasteiger partial charge in [-0.15, -0.1) is 0 Å². The van der Waals surface area contributed by atoms with Crippen molar-refractivity contribution in [1.82, 2.24) is 10.2 Å².